The Hall–Kier alpha value is -1.24. The summed E-state index contributed by atoms with van der Waals surface area (Å²) in [6.07, 6.45) is 3.59. The van der Waals surface area contributed by atoms with Gasteiger partial charge in [-0.15, -0.1) is 48.0 Å². The Bertz CT molecular complexity index is 420. The van der Waals surface area contributed by atoms with Gasteiger partial charge in [0.15, 0.2) is 0 Å². The molecule has 0 aliphatic carbocycles. The molecule has 0 N–H and O–H groups in total. The molecule has 1 nitrogen and oxygen atoms in total. The van der Waals surface area contributed by atoms with Gasteiger partial charge < -0.3 is 4.98 Å². The molecule has 0 fully saturated rings. The first-order chi connectivity index (χ1) is 6.90. The van der Waals surface area contributed by atoms with Gasteiger partial charge in [-0.2, -0.15) is 0 Å². The van der Waals surface area contributed by atoms with Crippen LogP contribution in [-0.2, 0) is 20.1 Å². The molecule has 0 aliphatic heterocycles. The van der Waals surface area contributed by atoms with Crippen LogP contribution in [-0.4, -0.2) is 4.98 Å². The average Bonchev–Trinajstić information content (AvgIpc) is 2.30. The average molecular weight is 372 g/mol. The minimum atomic E-state index is 0. The fraction of sp³-hybridized carbons (Fsp3) is 0. The Morgan fingerprint density at radius 1 is 1.20 bits per heavy atom. The van der Waals surface area contributed by atoms with Crippen LogP contribution in [0, 0.1) is 6.07 Å². The van der Waals surface area contributed by atoms with Crippen molar-refractivity contribution >= 4 is 6.08 Å². The van der Waals surface area contributed by atoms with Gasteiger partial charge in [0.2, 0.25) is 0 Å². The molecule has 1 aromatic carbocycles. The summed E-state index contributed by atoms with van der Waals surface area (Å²) in [4.78, 5) is 4.25. The maximum Gasteiger partial charge on any atom is 0.0160 e. The van der Waals surface area contributed by atoms with E-state index < -0.39 is 0 Å². The van der Waals surface area contributed by atoms with E-state index in [2.05, 4.69) is 17.6 Å². The Balaban J connectivity index is 0.00000112. The predicted octanol–water partition coefficient (Wildman–Crippen LogP) is 3.19. The molecule has 1 radical (unpaired) electrons. The Morgan fingerprint density at radius 3 is 2.60 bits per heavy atom. The van der Waals surface area contributed by atoms with Gasteiger partial charge in [-0.1, -0.05) is 12.1 Å². The molecule has 0 aliphatic rings. The maximum absolute atomic E-state index is 4.25. The monoisotopic (exact) mass is 373 g/mol. The molecule has 77 valence electrons. The summed E-state index contributed by atoms with van der Waals surface area (Å²) in [5.41, 5.74) is 3.03. The van der Waals surface area contributed by atoms with E-state index in [-0.39, 0.29) is 20.1 Å². The van der Waals surface area contributed by atoms with Gasteiger partial charge in [0.25, 0.3) is 0 Å². The standard InChI is InChI=1S/C13H10N.Ir/c1-2-11-6-8-12(9-7-11)13-5-3-4-10-14-13;/h2-8,10H,1H2;/q-1;. The van der Waals surface area contributed by atoms with Gasteiger partial charge in [0, 0.05) is 26.3 Å². The molecule has 15 heavy (non-hydrogen) atoms. The zero-order chi connectivity index (χ0) is 9.80. The predicted molar refractivity (Wildman–Crippen MR) is 58.6 cm³/mol. The first kappa shape index (κ1) is 11.8. The van der Waals surface area contributed by atoms with Crippen molar-refractivity contribution in [2.24, 2.45) is 0 Å². The summed E-state index contributed by atoms with van der Waals surface area (Å²) in [5.74, 6) is 0. The van der Waals surface area contributed by atoms with Gasteiger partial charge in [-0.3, -0.25) is 0 Å². The van der Waals surface area contributed by atoms with Gasteiger partial charge >= 0.3 is 0 Å². The number of hydrogen-bond donors (Lipinski definition) is 0. The maximum atomic E-state index is 4.25. The molecule has 1 heterocycles. The van der Waals surface area contributed by atoms with E-state index in [1.54, 1.807) is 12.3 Å². The quantitative estimate of drug-likeness (QED) is 0.738. The normalized spacial score (nSPS) is 9.07. The van der Waals surface area contributed by atoms with Crippen LogP contribution in [0.2, 0.25) is 0 Å². The number of benzene rings is 1. The van der Waals surface area contributed by atoms with Crippen molar-refractivity contribution in [2.45, 2.75) is 0 Å². The molecule has 1 aromatic heterocycles. The van der Waals surface area contributed by atoms with Gasteiger partial charge in [-0.25, -0.2) is 0 Å². The summed E-state index contributed by atoms with van der Waals surface area (Å²) in [6, 6.07) is 14.9. The van der Waals surface area contributed by atoms with Crippen LogP contribution in [0.3, 0.4) is 0 Å². The molecule has 0 spiro atoms. The van der Waals surface area contributed by atoms with E-state index in [1.807, 2.05) is 36.4 Å². The topological polar surface area (TPSA) is 12.9 Å². The molecule has 0 saturated carbocycles. The van der Waals surface area contributed by atoms with Crippen LogP contribution >= 0.6 is 0 Å². The third-order valence-electron chi connectivity index (χ3n) is 2.01. The Kier molecular flexibility index (Phi) is 4.41. The summed E-state index contributed by atoms with van der Waals surface area (Å²) in [6.45, 7) is 3.70. The number of rotatable bonds is 2. The molecule has 2 heteroatoms. The van der Waals surface area contributed by atoms with E-state index in [4.69, 9.17) is 0 Å². The molecule has 0 bridgehead atoms. The third-order valence-corrected chi connectivity index (χ3v) is 2.01. The largest absolute Gasteiger partial charge is 0.305 e. The van der Waals surface area contributed by atoms with Crippen molar-refractivity contribution < 1.29 is 20.1 Å². The zero-order valence-corrected chi connectivity index (χ0v) is 10.5. The number of pyridine rings is 1. The smallest absolute Gasteiger partial charge is 0.0160 e. The van der Waals surface area contributed by atoms with Crippen LogP contribution in [0.15, 0.2) is 49.2 Å². The molecule has 2 rings (SSSR count). The molecular formula is C13H10IrN-. The van der Waals surface area contributed by atoms with Gasteiger partial charge in [0.05, 0.1) is 0 Å². The first-order valence-corrected chi connectivity index (χ1v) is 4.46. The van der Waals surface area contributed by atoms with E-state index in [0.717, 1.165) is 16.8 Å². The van der Waals surface area contributed by atoms with Crippen molar-refractivity contribution in [2.75, 3.05) is 0 Å². The zero-order valence-electron chi connectivity index (χ0n) is 8.11. The minimum Gasteiger partial charge on any atom is -0.305 e. The number of aromatic nitrogens is 1. The van der Waals surface area contributed by atoms with E-state index >= 15 is 0 Å². The van der Waals surface area contributed by atoms with E-state index in [1.165, 1.54) is 0 Å². The van der Waals surface area contributed by atoms with Crippen molar-refractivity contribution in [3.63, 3.8) is 0 Å². The summed E-state index contributed by atoms with van der Waals surface area (Å²) < 4.78 is 0. The number of nitrogens with zero attached hydrogens (tertiary/aromatic N) is 1. The van der Waals surface area contributed by atoms with Crippen molar-refractivity contribution in [3.8, 4) is 11.3 Å². The third kappa shape index (κ3) is 2.85. The van der Waals surface area contributed by atoms with Crippen molar-refractivity contribution in [1.29, 1.82) is 0 Å². The van der Waals surface area contributed by atoms with Gasteiger partial charge in [0.1, 0.15) is 0 Å². The van der Waals surface area contributed by atoms with Crippen LogP contribution < -0.4 is 0 Å². The SMILES string of the molecule is C=Cc1c[c-]c(-c2ccccn2)cc1.[Ir]. The number of hydrogen-bond acceptors (Lipinski definition) is 1. The second kappa shape index (κ2) is 5.59. The van der Waals surface area contributed by atoms with Crippen molar-refractivity contribution in [3.05, 3.63) is 60.8 Å². The van der Waals surface area contributed by atoms with Crippen LogP contribution in [0.4, 0.5) is 0 Å². The van der Waals surface area contributed by atoms with Crippen molar-refractivity contribution in [1.82, 2.24) is 4.98 Å². The molecule has 2 aromatic rings. The summed E-state index contributed by atoms with van der Waals surface area (Å²) >= 11 is 0. The Morgan fingerprint density at radius 2 is 2.07 bits per heavy atom. The molecular weight excluding hydrogens is 362 g/mol. The summed E-state index contributed by atoms with van der Waals surface area (Å²) in [5, 5.41) is 0. The fourth-order valence-corrected chi connectivity index (χ4v) is 1.25. The molecule has 0 atom stereocenters. The molecule has 0 saturated heterocycles. The van der Waals surface area contributed by atoms with Crippen LogP contribution in [0.5, 0.6) is 0 Å². The first-order valence-electron chi connectivity index (χ1n) is 4.46. The van der Waals surface area contributed by atoms with E-state index in [9.17, 15) is 0 Å². The van der Waals surface area contributed by atoms with E-state index in [0.29, 0.717) is 0 Å². The second-order valence-corrected chi connectivity index (χ2v) is 2.95. The summed E-state index contributed by atoms with van der Waals surface area (Å²) in [7, 11) is 0. The second-order valence-electron chi connectivity index (χ2n) is 2.95. The fourth-order valence-electron chi connectivity index (χ4n) is 1.25. The molecule has 0 unspecified atom stereocenters. The van der Waals surface area contributed by atoms with Crippen LogP contribution in [0.1, 0.15) is 5.56 Å². The Labute approximate surface area is 103 Å². The minimum absolute atomic E-state index is 0. The van der Waals surface area contributed by atoms with Gasteiger partial charge in [-0.05, 0) is 11.8 Å². The molecule has 0 amide bonds. The van der Waals surface area contributed by atoms with Crippen LogP contribution in [0.25, 0.3) is 17.3 Å².